The molecule has 0 aromatic carbocycles. The molecule has 0 aliphatic heterocycles. The first-order valence-electron chi connectivity index (χ1n) is 7.76. The van der Waals surface area contributed by atoms with Crippen molar-refractivity contribution >= 4 is 10.4 Å². The molecule has 0 saturated heterocycles. The predicted octanol–water partition coefficient (Wildman–Crippen LogP) is 2.89. The zero-order valence-electron chi connectivity index (χ0n) is 13.6. The highest BCUT2D eigenvalue weighted by molar-refractivity contribution is 7.79. The van der Waals surface area contributed by atoms with Crippen LogP contribution in [-0.4, -0.2) is 48.2 Å². The zero-order valence-corrected chi connectivity index (χ0v) is 14.4. The molecule has 0 atom stereocenters. The third-order valence-corrected chi connectivity index (χ3v) is 3.63. The molecule has 0 aliphatic carbocycles. The highest BCUT2D eigenvalue weighted by atomic mass is 32.3. The molecule has 6 heteroatoms. The molecule has 0 fully saturated rings. The third-order valence-electron chi connectivity index (χ3n) is 3.63. The fraction of sp³-hybridized carbons (Fsp3) is 1.00. The van der Waals surface area contributed by atoms with Crippen LogP contribution in [0.2, 0.25) is 0 Å². The zero-order chi connectivity index (χ0) is 16.1. The van der Waals surface area contributed by atoms with E-state index in [-0.39, 0.29) is 0 Å². The summed E-state index contributed by atoms with van der Waals surface area (Å²) in [5, 5.41) is 0. The van der Waals surface area contributed by atoms with Crippen molar-refractivity contribution in [1.82, 2.24) is 0 Å². The fourth-order valence-corrected chi connectivity index (χ4v) is 2.29. The molecular formula is C14H32NO4S-. The molecule has 124 valence electrons. The van der Waals surface area contributed by atoms with Gasteiger partial charge in [0.1, 0.15) is 0 Å². The van der Waals surface area contributed by atoms with Crippen molar-refractivity contribution in [2.75, 3.05) is 26.2 Å². The van der Waals surface area contributed by atoms with Gasteiger partial charge < -0.3 is 13.6 Å². The first-order valence-corrected chi connectivity index (χ1v) is 9.09. The van der Waals surface area contributed by atoms with E-state index in [2.05, 4.69) is 27.7 Å². The minimum absolute atomic E-state index is 1.33. The van der Waals surface area contributed by atoms with Crippen molar-refractivity contribution in [2.24, 2.45) is 0 Å². The van der Waals surface area contributed by atoms with E-state index in [1.54, 1.807) is 0 Å². The van der Waals surface area contributed by atoms with Crippen LogP contribution >= 0.6 is 0 Å². The van der Waals surface area contributed by atoms with Gasteiger partial charge in [0.15, 0.2) is 0 Å². The van der Waals surface area contributed by atoms with E-state index >= 15 is 0 Å². The van der Waals surface area contributed by atoms with Gasteiger partial charge in [-0.3, -0.25) is 8.42 Å². The van der Waals surface area contributed by atoms with Crippen molar-refractivity contribution in [3.05, 3.63) is 0 Å². The van der Waals surface area contributed by atoms with Crippen LogP contribution < -0.4 is 0 Å². The molecule has 0 radical (unpaired) electrons. The van der Waals surface area contributed by atoms with Crippen LogP contribution in [0.15, 0.2) is 0 Å². The van der Waals surface area contributed by atoms with Gasteiger partial charge in [0, 0.05) is 10.4 Å². The number of quaternary nitrogens is 1. The number of unbranched alkanes of at least 4 members (excludes halogenated alkanes) is 3. The van der Waals surface area contributed by atoms with E-state index in [1.807, 2.05) is 0 Å². The van der Waals surface area contributed by atoms with Crippen molar-refractivity contribution in [3.8, 4) is 0 Å². The van der Waals surface area contributed by atoms with E-state index < -0.39 is 10.4 Å². The van der Waals surface area contributed by atoms with Crippen molar-refractivity contribution in [2.45, 2.75) is 66.2 Å². The van der Waals surface area contributed by atoms with Crippen LogP contribution in [0, 0.1) is 0 Å². The first-order chi connectivity index (χ1) is 9.24. The summed E-state index contributed by atoms with van der Waals surface area (Å²) >= 11 is 0. The van der Waals surface area contributed by atoms with Crippen LogP contribution in [0.25, 0.3) is 0 Å². The monoisotopic (exact) mass is 310 g/mol. The lowest BCUT2D eigenvalue weighted by atomic mass is 10.1. The van der Waals surface area contributed by atoms with Crippen LogP contribution in [0.5, 0.6) is 0 Å². The summed E-state index contributed by atoms with van der Waals surface area (Å²) < 4.78 is 35.5. The summed E-state index contributed by atoms with van der Waals surface area (Å²) in [7, 11) is -5.17. The largest absolute Gasteiger partial charge is 0.759 e. The molecule has 0 aromatic rings. The molecule has 0 saturated carbocycles. The van der Waals surface area contributed by atoms with Crippen molar-refractivity contribution in [3.63, 3.8) is 0 Å². The number of rotatable bonds is 10. The molecule has 0 heterocycles. The molecule has 0 spiro atoms. The van der Waals surface area contributed by atoms with Gasteiger partial charge in [0.05, 0.1) is 26.2 Å². The van der Waals surface area contributed by atoms with Gasteiger partial charge in [0.25, 0.3) is 0 Å². The Hall–Kier alpha value is -0.170. The van der Waals surface area contributed by atoms with E-state index in [0.717, 1.165) is 0 Å². The smallest absolute Gasteiger partial charge is 0.0786 e. The minimum Gasteiger partial charge on any atom is -0.759 e. The van der Waals surface area contributed by atoms with Gasteiger partial charge in [-0.25, -0.2) is 0 Å². The second kappa shape index (κ2) is 12.6. The van der Waals surface area contributed by atoms with Gasteiger partial charge in [-0.2, -0.15) is 0 Å². The molecular weight excluding hydrogens is 278 g/mol. The Morgan fingerprint density at radius 3 is 1.15 bits per heavy atom. The molecule has 0 N–H and O–H groups in total. The summed E-state index contributed by atoms with van der Waals surface area (Å²) in [6.07, 6.45) is 8.25. The Bertz CT molecular complexity index is 275. The molecule has 0 aromatic heterocycles. The predicted molar refractivity (Wildman–Crippen MR) is 80.6 cm³/mol. The normalized spacial score (nSPS) is 11.9. The van der Waals surface area contributed by atoms with Crippen LogP contribution in [0.3, 0.4) is 0 Å². The maximum atomic E-state index is 8.52. The van der Waals surface area contributed by atoms with Gasteiger partial charge >= 0.3 is 0 Å². The Labute approximate surface area is 125 Å². The van der Waals surface area contributed by atoms with Gasteiger partial charge in [-0.15, -0.1) is 0 Å². The van der Waals surface area contributed by atoms with Crippen molar-refractivity contribution < 1.29 is 22.0 Å². The molecule has 0 unspecified atom stereocenters. The lowest BCUT2D eigenvalue weighted by Gasteiger charge is -2.38. The topological polar surface area (TPSA) is 80.3 Å². The summed E-state index contributed by atoms with van der Waals surface area (Å²) in [6.45, 7) is 14.9. The summed E-state index contributed by atoms with van der Waals surface area (Å²) in [6, 6.07) is 0. The van der Waals surface area contributed by atoms with Gasteiger partial charge in [-0.05, 0) is 26.2 Å². The van der Waals surface area contributed by atoms with E-state index in [9.17, 15) is 0 Å². The number of hydrogen-bond acceptors (Lipinski definition) is 4. The maximum absolute atomic E-state index is 8.52. The lowest BCUT2D eigenvalue weighted by molar-refractivity contribution is -0.927. The Morgan fingerprint density at radius 2 is 1.00 bits per heavy atom. The van der Waals surface area contributed by atoms with Crippen molar-refractivity contribution in [1.29, 1.82) is 0 Å². The number of hydrogen-bond donors (Lipinski definition) is 0. The van der Waals surface area contributed by atoms with Gasteiger partial charge in [0.2, 0.25) is 0 Å². The molecule has 20 heavy (non-hydrogen) atoms. The quantitative estimate of drug-likeness (QED) is 0.353. The summed E-state index contributed by atoms with van der Waals surface area (Å²) in [5.41, 5.74) is 0. The summed E-state index contributed by atoms with van der Waals surface area (Å²) in [4.78, 5) is 0. The Morgan fingerprint density at radius 1 is 0.750 bits per heavy atom. The van der Waals surface area contributed by atoms with Crippen LogP contribution in [-0.2, 0) is 10.4 Å². The van der Waals surface area contributed by atoms with Crippen LogP contribution in [0.1, 0.15) is 66.2 Å². The molecule has 0 bridgehead atoms. The third kappa shape index (κ3) is 15.9. The number of nitrogens with zero attached hydrogens (tertiary/aromatic N) is 1. The highest BCUT2D eigenvalue weighted by Gasteiger charge is 2.22. The van der Waals surface area contributed by atoms with E-state index in [4.69, 9.17) is 17.5 Å². The maximum Gasteiger partial charge on any atom is 0.0786 e. The molecule has 0 aliphatic rings. The average Bonchev–Trinajstić information content (AvgIpc) is 2.37. The van der Waals surface area contributed by atoms with E-state index in [0.29, 0.717) is 0 Å². The van der Waals surface area contributed by atoms with Gasteiger partial charge in [-0.1, -0.05) is 40.0 Å². The average molecular weight is 310 g/mol. The van der Waals surface area contributed by atoms with Crippen LogP contribution in [0.4, 0.5) is 0 Å². The second-order valence-electron chi connectivity index (χ2n) is 5.30. The molecule has 0 amide bonds. The Balaban J connectivity index is 0. The highest BCUT2D eigenvalue weighted by Crippen LogP contribution is 2.14. The van der Waals surface area contributed by atoms with E-state index in [1.165, 1.54) is 69.2 Å². The molecule has 0 rings (SSSR count). The first kappa shape index (κ1) is 22.1. The minimum atomic E-state index is -5.17. The summed E-state index contributed by atoms with van der Waals surface area (Å²) in [5.74, 6) is 0. The second-order valence-corrected chi connectivity index (χ2v) is 6.11. The standard InChI is InChI=1S/C14H32N.H2O4S/c1-5-9-12-15(8-4,13-10-6-2)14-11-7-3;1-5(2,3)4/h5-14H2,1-4H3;(H2,1,2,3,4)/q+1;/p-2. The fourth-order valence-electron chi connectivity index (χ4n) is 2.29. The Kier molecular flexibility index (Phi) is 13.9. The SMILES string of the molecule is CCCC[N+](CC)(CCCC)CCCC.O=S(=O)([O-])[O-]. The lowest BCUT2D eigenvalue weighted by Crippen LogP contribution is -2.49. The molecule has 5 nitrogen and oxygen atoms in total.